The number of allylic oxidation sites excluding steroid dienone is 5. The van der Waals surface area contributed by atoms with Crippen molar-refractivity contribution in [2.24, 2.45) is 0 Å². The van der Waals surface area contributed by atoms with Crippen LogP contribution in [0.15, 0.2) is 35.5 Å². The quantitative estimate of drug-likeness (QED) is 0.513. The Balaban J connectivity index is 3.63. The summed E-state index contributed by atoms with van der Waals surface area (Å²) in [5.74, 6) is 0. The van der Waals surface area contributed by atoms with Gasteiger partial charge < -0.3 is 5.32 Å². The molecule has 0 aromatic carbocycles. The van der Waals surface area contributed by atoms with Crippen LogP contribution in [-0.4, -0.2) is 6.54 Å². The fourth-order valence-electron chi connectivity index (χ4n) is 0.651. The van der Waals surface area contributed by atoms with Crippen LogP contribution in [0.3, 0.4) is 0 Å². The predicted molar refractivity (Wildman–Crippen MR) is 56.2 cm³/mol. The Morgan fingerprint density at radius 1 is 1.50 bits per heavy atom. The number of hydrogen-bond donors (Lipinski definition) is 1. The van der Waals surface area contributed by atoms with Gasteiger partial charge in [0, 0.05) is 11.6 Å². The third-order valence-corrected chi connectivity index (χ3v) is 1.44. The largest absolute Gasteiger partial charge is 0.391 e. The Morgan fingerprint density at radius 2 is 2.25 bits per heavy atom. The summed E-state index contributed by atoms with van der Waals surface area (Å²) in [4.78, 5) is 0. The molecule has 1 nitrogen and oxygen atoms in total. The zero-order chi connectivity index (χ0) is 9.23. The maximum absolute atomic E-state index is 5.79. The standard InChI is InChI=1S/C10H16ClN/c1-3-6-10(11)7-5-9-12-8-4-2/h3,5-7,9,12H,4,8H2,1-2H3/b6-3-,9-5+,10-7+. The van der Waals surface area contributed by atoms with Gasteiger partial charge in [0.25, 0.3) is 0 Å². The predicted octanol–water partition coefficient (Wildman–Crippen LogP) is 3.20. The van der Waals surface area contributed by atoms with E-state index in [4.69, 9.17) is 11.6 Å². The smallest absolute Gasteiger partial charge is 0.0403 e. The highest BCUT2D eigenvalue weighted by Crippen LogP contribution is 2.02. The van der Waals surface area contributed by atoms with Gasteiger partial charge in [-0.15, -0.1) is 0 Å². The van der Waals surface area contributed by atoms with Crippen molar-refractivity contribution >= 4 is 11.6 Å². The van der Waals surface area contributed by atoms with Crippen molar-refractivity contribution in [2.75, 3.05) is 6.54 Å². The zero-order valence-corrected chi connectivity index (χ0v) is 8.43. The fourth-order valence-corrected chi connectivity index (χ4v) is 0.849. The molecule has 0 aliphatic carbocycles. The highest BCUT2D eigenvalue weighted by molar-refractivity contribution is 6.31. The van der Waals surface area contributed by atoms with Gasteiger partial charge in [-0.05, 0) is 37.8 Å². The number of rotatable bonds is 5. The molecule has 0 rings (SSSR count). The van der Waals surface area contributed by atoms with Crippen LogP contribution in [0.2, 0.25) is 0 Å². The molecule has 0 fully saturated rings. The number of hydrogen-bond acceptors (Lipinski definition) is 1. The SMILES string of the molecule is C\C=C/C(Cl)=C\C=C\NCCC. The molecule has 0 amide bonds. The Labute approximate surface area is 79.8 Å². The first-order valence-electron chi connectivity index (χ1n) is 4.19. The first-order valence-corrected chi connectivity index (χ1v) is 4.57. The van der Waals surface area contributed by atoms with E-state index in [2.05, 4.69) is 12.2 Å². The van der Waals surface area contributed by atoms with Crippen molar-refractivity contribution in [3.8, 4) is 0 Å². The molecule has 0 atom stereocenters. The molecule has 0 radical (unpaired) electrons. The third-order valence-electron chi connectivity index (χ3n) is 1.19. The van der Waals surface area contributed by atoms with E-state index in [1.54, 1.807) is 0 Å². The lowest BCUT2D eigenvalue weighted by Crippen LogP contribution is -2.04. The first kappa shape index (κ1) is 11.3. The van der Waals surface area contributed by atoms with Gasteiger partial charge in [0.05, 0.1) is 0 Å². The minimum Gasteiger partial charge on any atom is -0.391 e. The van der Waals surface area contributed by atoms with E-state index in [0.29, 0.717) is 0 Å². The summed E-state index contributed by atoms with van der Waals surface area (Å²) in [6, 6.07) is 0. The maximum atomic E-state index is 5.79. The van der Waals surface area contributed by atoms with Crippen LogP contribution in [0.4, 0.5) is 0 Å². The van der Waals surface area contributed by atoms with Crippen LogP contribution in [0.25, 0.3) is 0 Å². The van der Waals surface area contributed by atoms with Gasteiger partial charge in [0.2, 0.25) is 0 Å². The summed E-state index contributed by atoms with van der Waals surface area (Å²) in [5.41, 5.74) is 0. The van der Waals surface area contributed by atoms with Crippen LogP contribution in [0.1, 0.15) is 20.3 Å². The lowest BCUT2D eigenvalue weighted by Gasteiger charge is -1.92. The van der Waals surface area contributed by atoms with Gasteiger partial charge in [-0.1, -0.05) is 24.6 Å². The molecule has 2 heteroatoms. The molecule has 0 aliphatic heterocycles. The Bertz CT molecular complexity index is 180. The summed E-state index contributed by atoms with van der Waals surface area (Å²) in [6.07, 6.45) is 10.5. The van der Waals surface area contributed by atoms with E-state index in [1.807, 2.05) is 37.4 Å². The maximum Gasteiger partial charge on any atom is 0.0403 e. The molecule has 12 heavy (non-hydrogen) atoms. The molecule has 0 unspecified atom stereocenters. The van der Waals surface area contributed by atoms with Gasteiger partial charge in [-0.3, -0.25) is 0 Å². The van der Waals surface area contributed by atoms with Crippen molar-refractivity contribution in [3.63, 3.8) is 0 Å². The molecule has 68 valence electrons. The lowest BCUT2D eigenvalue weighted by atomic mass is 10.4. The van der Waals surface area contributed by atoms with Crippen LogP contribution in [0.5, 0.6) is 0 Å². The molecule has 1 N–H and O–H groups in total. The van der Waals surface area contributed by atoms with Crippen molar-refractivity contribution < 1.29 is 0 Å². The summed E-state index contributed by atoms with van der Waals surface area (Å²) >= 11 is 5.79. The van der Waals surface area contributed by atoms with E-state index in [9.17, 15) is 0 Å². The van der Waals surface area contributed by atoms with Crippen molar-refractivity contribution in [3.05, 3.63) is 35.5 Å². The van der Waals surface area contributed by atoms with E-state index < -0.39 is 0 Å². The molecule has 0 bridgehead atoms. The number of nitrogens with one attached hydrogen (secondary N) is 1. The molecule has 0 heterocycles. The van der Waals surface area contributed by atoms with Crippen molar-refractivity contribution in [2.45, 2.75) is 20.3 Å². The van der Waals surface area contributed by atoms with Gasteiger partial charge in [0.1, 0.15) is 0 Å². The van der Waals surface area contributed by atoms with Crippen LogP contribution in [0, 0.1) is 0 Å². The van der Waals surface area contributed by atoms with Crippen molar-refractivity contribution in [1.82, 2.24) is 5.32 Å². The number of halogens is 1. The summed E-state index contributed by atoms with van der Waals surface area (Å²) < 4.78 is 0. The minimum absolute atomic E-state index is 0.743. The second-order valence-electron chi connectivity index (χ2n) is 2.36. The Hall–Kier alpha value is -0.690. The second kappa shape index (κ2) is 8.41. The van der Waals surface area contributed by atoms with E-state index in [0.717, 1.165) is 18.0 Å². The summed E-state index contributed by atoms with van der Waals surface area (Å²) in [5, 5.41) is 3.87. The highest BCUT2D eigenvalue weighted by Gasteiger charge is 1.78. The molecule has 0 saturated carbocycles. The topological polar surface area (TPSA) is 12.0 Å². The molecular weight excluding hydrogens is 170 g/mol. The second-order valence-corrected chi connectivity index (χ2v) is 2.80. The van der Waals surface area contributed by atoms with Crippen molar-refractivity contribution in [1.29, 1.82) is 0 Å². The minimum atomic E-state index is 0.743. The van der Waals surface area contributed by atoms with Crippen LogP contribution < -0.4 is 5.32 Å². The molecule has 0 aromatic heterocycles. The summed E-state index contributed by atoms with van der Waals surface area (Å²) in [6.45, 7) is 5.07. The van der Waals surface area contributed by atoms with E-state index >= 15 is 0 Å². The Kier molecular flexibility index (Phi) is 7.92. The highest BCUT2D eigenvalue weighted by atomic mass is 35.5. The van der Waals surface area contributed by atoms with Gasteiger partial charge in [-0.2, -0.15) is 0 Å². The molecule has 0 aromatic rings. The molecule has 0 aliphatic rings. The molecule has 0 spiro atoms. The van der Waals surface area contributed by atoms with Crippen LogP contribution >= 0.6 is 11.6 Å². The zero-order valence-electron chi connectivity index (χ0n) is 7.68. The summed E-state index contributed by atoms with van der Waals surface area (Å²) in [7, 11) is 0. The van der Waals surface area contributed by atoms with E-state index in [-0.39, 0.29) is 0 Å². The Morgan fingerprint density at radius 3 is 2.83 bits per heavy atom. The first-order chi connectivity index (χ1) is 5.81. The van der Waals surface area contributed by atoms with Gasteiger partial charge in [0.15, 0.2) is 0 Å². The molecule has 0 saturated heterocycles. The molecular formula is C10H16ClN. The average Bonchev–Trinajstić information content (AvgIpc) is 2.05. The van der Waals surface area contributed by atoms with E-state index in [1.165, 1.54) is 0 Å². The van der Waals surface area contributed by atoms with Gasteiger partial charge >= 0.3 is 0 Å². The average molecular weight is 186 g/mol. The van der Waals surface area contributed by atoms with Crippen LogP contribution in [-0.2, 0) is 0 Å². The third kappa shape index (κ3) is 7.42. The monoisotopic (exact) mass is 185 g/mol. The fraction of sp³-hybridized carbons (Fsp3) is 0.400. The lowest BCUT2D eigenvalue weighted by molar-refractivity contribution is 0.809. The normalized spacial score (nSPS) is 13.1. The van der Waals surface area contributed by atoms with Gasteiger partial charge in [-0.25, -0.2) is 0 Å².